The average molecular weight is 293 g/mol. The van der Waals surface area contributed by atoms with Gasteiger partial charge >= 0.3 is 0 Å². The molecule has 0 aliphatic rings. The molecule has 0 amide bonds. The van der Waals surface area contributed by atoms with Gasteiger partial charge in [0.2, 0.25) is 0 Å². The zero-order valence-corrected chi connectivity index (χ0v) is 14.0. The van der Waals surface area contributed by atoms with Crippen LogP contribution in [-0.2, 0) is 4.74 Å². The number of ether oxygens (including phenoxy) is 2. The Bertz CT molecular complexity index is 364. The first kappa shape index (κ1) is 18.0. The Hall–Kier alpha value is -1.06. The van der Waals surface area contributed by atoms with Crippen LogP contribution in [0.1, 0.15) is 57.6 Å². The van der Waals surface area contributed by atoms with Crippen LogP contribution >= 0.6 is 0 Å². The molecule has 1 aromatic carbocycles. The van der Waals surface area contributed by atoms with Gasteiger partial charge in [-0.25, -0.2) is 0 Å². The number of benzene rings is 1. The van der Waals surface area contributed by atoms with Gasteiger partial charge in [0.05, 0.1) is 19.3 Å². The molecule has 0 fully saturated rings. The summed E-state index contributed by atoms with van der Waals surface area (Å²) in [6.45, 7) is 5.25. The molecule has 2 atom stereocenters. The van der Waals surface area contributed by atoms with Crippen molar-refractivity contribution in [1.29, 1.82) is 0 Å². The lowest BCUT2D eigenvalue weighted by molar-refractivity contribution is -0.00720. The molecule has 3 nitrogen and oxygen atoms in total. The van der Waals surface area contributed by atoms with Crippen LogP contribution in [0.5, 0.6) is 5.75 Å². The Morgan fingerprint density at radius 1 is 1.10 bits per heavy atom. The summed E-state index contributed by atoms with van der Waals surface area (Å²) in [7, 11) is 3.65. The Morgan fingerprint density at radius 3 is 2.38 bits per heavy atom. The van der Waals surface area contributed by atoms with Crippen LogP contribution < -0.4 is 10.1 Å². The molecule has 2 unspecified atom stereocenters. The zero-order valence-electron chi connectivity index (χ0n) is 14.0. The van der Waals surface area contributed by atoms with Crippen LogP contribution in [0.25, 0.3) is 0 Å². The number of methoxy groups -OCH3 is 1. The van der Waals surface area contributed by atoms with Crippen molar-refractivity contribution >= 4 is 0 Å². The van der Waals surface area contributed by atoms with E-state index < -0.39 is 0 Å². The molecule has 1 aromatic rings. The lowest BCUT2D eigenvalue weighted by atomic mass is 10.1. The number of hydrogen-bond acceptors (Lipinski definition) is 3. The predicted molar refractivity (Wildman–Crippen MR) is 89.0 cm³/mol. The van der Waals surface area contributed by atoms with E-state index in [2.05, 4.69) is 31.3 Å². The molecule has 0 bridgehead atoms. The molecule has 0 aromatic heterocycles. The summed E-state index contributed by atoms with van der Waals surface area (Å²) in [5.41, 5.74) is 1.20. The van der Waals surface area contributed by atoms with Crippen LogP contribution in [0.15, 0.2) is 24.3 Å². The number of rotatable bonds is 11. The quantitative estimate of drug-likeness (QED) is 0.616. The molecule has 0 radical (unpaired) electrons. The van der Waals surface area contributed by atoms with E-state index >= 15 is 0 Å². The van der Waals surface area contributed by atoms with Gasteiger partial charge in [-0.1, -0.05) is 44.7 Å². The first-order valence-electron chi connectivity index (χ1n) is 8.15. The SMILES string of the molecule is CCCCCCC(C)OC(CNC)c1ccc(OC)cc1. The van der Waals surface area contributed by atoms with Crippen LogP contribution in [0.3, 0.4) is 0 Å². The van der Waals surface area contributed by atoms with Crippen molar-refractivity contribution in [2.75, 3.05) is 20.7 Å². The van der Waals surface area contributed by atoms with Crippen LogP contribution in [0.4, 0.5) is 0 Å². The summed E-state index contributed by atoms with van der Waals surface area (Å²) >= 11 is 0. The minimum atomic E-state index is 0.0991. The van der Waals surface area contributed by atoms with E-state index in [4.69, 9.17) is 9.47 Å². The smallest absolute Gasteiger partial charge is 0.118 e. The van der Waals surface area contributed by atoms with Crippen LogP contribution in [-0.4, -0.2) is 26.8 Å². The van der Waals surface area contributed by atoms with Crippen molar-refractivity contribution in [1.82, 2.24) is 5.32 Å². The van der Waals surface area contributed by atoms with Crippen molar-refractivity contribution in [3.05, 3.63) is 29.8 Å². The largest absolute Gasteiger partial charge is 0.497 e. The van der Waals surface area contributed by atoms with Gasteiger partial charge in [0.15, 0.2) is 0 Å². The topological polar surface area (TPSA) is 30.5 Å². The van der Waals surface area contributed by atoms with Crippen molar-refractivity contribution in [2.45, 2.75) is 58.2 Å². The second kappa shape index (κ2) is 10.6. The lowest BCUT2D eigenvalue weighted by Gasteiger charge is -2.23. The van der Waals surface area contributed by atoms with E-state index in [1.54, 1.807) is 7.11 Å². The van der Waals surface area contributed by atoms with Crippen molar-refractivity contribution < 1.29 is 9.47 Å². The highest BCUT2D eigenvalue weighted by molar-refractivity contribution is 5.28. The second-order valence-electron chi connectivity index (χ2n) is 5.62. The van der Waals surface area contributed by atoms with Crippen LogP contribution in [0.2, 0.25) is 0 Å². The molecule has 21 heavy (non-hydrogen) atoms. The third kappa shape index (κ3) is 6.96. The fraction of sp³-hybridized carbons (Fsp3) is 0.667. The van der Waals surface area contributed by atoms with Crippen LogP contribution in [0, 0.1) is 0 Å². The highest BCUT2D eigenvalue weighted by Crippen LogP contribution is 2.23. The number of nitrogens with one attached hydrogen (secondary N) is 1. The predicted octanol–water partition coefficient (Wildman–Crippen LogP) is 4.33. The first-order chi connectivity index (χ1) is 10.2. The molecule has 0 saturated heterocycles. The first-order valence-corrected chi connectivity index (χ1v) is 8.15. The maximum Gasteiger partial charge on any atom is 0.118 e. The van der Waals surface area contributed by atoms with E-state index in [-0.39, 0.29) is 6.10 Å². The van der Waals surface area contributed by atoms with Gasteiger partial charge in [-0.3, -0.25) is 0 Å². The molecule has 3 heteroatoms. The number of likely N-dealkylation sites (N-methyl/N-ethyl adjacent to an activating group) is 1. The zero-order chi connectivity index (χ0) is 15.5. The Morgan fingerprint density at radius 2 is 1.81 bits per heavy atom. The van der Waals surface area contributed by atoms with Gasteiger partial charge in [0.25, 0.3) is 0 Å². The monoisotopic (exact) mass is 293 g/mol. The third-order valence-electron chi connectivity index (χ3n) is 3.74. The fourth-order valence-corrected chi connectivity index (χ4v) is 2.46. The molecule has 0 aliphatic carbocycles. The van der Waals surface area contributed by atoms with Gasteiger partial charge in [-0.2, -0.15) is 0 Å². The van der Waals surface area contributed by atoms with E-state index in [1.807, 2.05) is 19.2 Å². The molecular formula is C18H31NO2. The number of hydrogen-bond donors (Lipinski definition) is 1. The molecule has 1 N–H and O–H groups in total. The molecule has 1 rings (SSSR count). The summed E-state index contributed by atoms with van der Waals surface area (Å²) in [6.07, 6.45) is 6.70. The van der Waals surface area contributed by atoms with E-state index in [0.717, 1.165) is 18.7 Å². The molecule has 0 heterocycles. The van der Waals surface area contributed by atoms with E-state index in [0.29, 0.717) is 6.10 Å². The van der Waals surface area contributed by atoms with Gasteiger partial charge in [-0.15, -0.1) is 0 Å². The normalized spacial score (nSPS) is 13.9. The van der Waals surface area contributed by atoms with Gasteiger partial charge < -0.3 is 14.8 Å². The van der Waals surface area contributed by atoms with Gasteiger partial charge in [-0.05, 0) is 38.1 Å². The highest BCUT2D eigenvalue weighted by Gasteiger charge is 2.15. The Labute approximate surface area is 130 Å². The lowest BCUT2D eigenvalue weighted by Crippen LogP contribution is -2.23. The average Bonchev–Trinajstić information content (AvgIpc) is 2.51. The Kier molecular flexibility index (Phi) is 9.11. The number of unbranched alkanes of at least 4 members (excludes halogenated alkanes) is 3. The maximum absolute atomic E-state index is 6.23. The summed E-state index contributed by atoms with van der Waals surface area (Å²) in [4.78, 5) is 0. The van der Waals surface area contributed by atoms with Gasteiger partial charge in [0.1, 0.15) is 5.75 Å². The highest BCUT2D eigenvalue weighted by atomic mass is 16.5. The third-order valence-corrected chi connectivity index (χ3v) is 3.74. The van der Waals surface area contributed by atoms with Gasteiger partial charge in [0, 0.05) is 6.54 Å². The summed E-state index contributed by atoms with van der Waals surface area (Å²) in [5, 5.41) is 3.22. The minimum absolute atomic E-state index is 0.0991. The Balaban J connectivity index is 2.51. The maximum atomic E-state index is 6.23. The second-order valence-corrected chi connectivity index (χ2v) is 5.62. The summed E-state index contributed by atoms with van der Waals surface area (Å²) < 4.78 is 11.4. The summed E-state index contributed by atoms with van der Waals surface area (Å²) in [6, 6.07) is 8.16. The van der Waals surface area contributed by atoms with Crippen molar-refractivity contribution in [3.63, 3.8) is 0 Å². The molecule has 0 aliphatic heterocycles. The minimum Gasteiger partial charge on any atom is -0.497 e. The molecule has 0 saturated carbocycles. The van der Waals surface area contributed by atoms with E-state index in [1.165, 1.54) is 31.2 Å². The summed E-state index contributed by atoms with van der Waals surface area (Å²) in [5.74, 6) is 0.884. The van der Waals surface area contributed by atoms with E-state index in [9.17, 15) is 0 Å². The molecule has 0 spiro atoms. The molecular weight excluding hydrogens is 262 g/mol. The molecule has 120 valence electrons. The van der Waals surface area contributed by atoms with Crippen molar-refractivity contribution in [2.24, 2.45) is 0 Å². The standard InChI is InChI=1S/C18H31NO2/c1-5-6-7-8-9-15(2)21-18(14-19-3)16-10-12-17(20-4)13-11-16/h10-13,15,18-19H,5-9,14H2,1-4H3. The van der Waals surface area contributed by atoms with Crippen molar-refractivity contribution in [3.8, 4) is 5.75 Å². The fourth-order valence-electron chi connectivity index (χ4n) is 2.46.